The standard InChI is InChI=1S/C15H15NO3/c17-13-6-4-11(5-7-13)8-16-9-12-2-1-3-14-15(12)19-10-18-14/h1-7,16-17H,8-10H2. The van der Waals surface area contributed by atoms with E-state index in [0.717, 1.165) is 29.2 Å². The Morgan fingerprint density at radius 2 is 1.84 bits per heavy atom. The van der Waals surface area contributed by atoms with Crippen LogP contribution < -0.4 is 14.8 Å². The zero-order chi connectivity index (χ0) is 13.1. The molecule has 0 aromatic heterocycles. The van der Waals surface area contributed by atoms with Crippen molar-refractivity contribution in [2.45, 2.75) is 13.1 Å². The normalized spacial score (nSPS) is 12.6. The molecule has 0 amide bonds. The molecular formula is C15H15NO3. The molecule has 0 saturated heterocycles. The van der Waals surface area contributed by atoms with E-state index < -0.39 is 0 Å². The first-order chi connectivity index (χ1) is 9.33. The third kappa shape index (κ3) is 2.63. The summed E-state index contributed by atoms with van der Waals surface area (Å²) < 4.78 is 10.8. The van der Waals surface area contributed by atoms with Gasteiger partial charge in [0.05, 0.1) is 0 Å². The summed E-state index contributed by atoms with van der Waals surface area (Å²) in [5, 5.41) is 12.6. The average molecular weight is 257 g/mol. The molecule has 19 heavy (non-hydrogen) atoms. The van der Waals surface area contributed by atoms with E-state index in [-0.39, 0.29) is 5.75 Å². The summed E-state index contributed by atoms with van der Waals surface area (Å²) >= 11 is 0. The molecule has 3 rings (SSSR count). The zero-order valence-electron chi connectivity index (χ0n) is 10.4. The molecule has 0 saturated carbocycles. The second-order valence-corrected chi connectivity index (χ2v) is 4.42. The van der Waals surface area contributed by atoms with Crippen molar-refractivity contribution >= 4 is 0 Å². The molecule has 0 fully saturated rings. The monoisotopic (exact) mass is 257 g/mol. The van der Waals surface area contributed by atoms with Crippen molar-refractivity contribution in [2.75, 3.05) is 6.79 Å². The number of fused-ring (bicyclic) bond motifs is 1. The summed E-state index contributed by atoms with van der Waals surface area (Å²) in [6.45, 7) is 1.75. The van der Waals surface area contributed by atoms with E-state index in [1.165, 1.54) is 0 Å². The topological polar surface area (TPSA) is 50.7 Å². The fraction of sp³-hybridized carbons (Fsp3) is 0.200. The molecule has 0 radical (unpaired) electrons. The lowest BCUT2D eigenvalue weighted by Gasteiger charge is -2.08. The van der Waals surface area contributed by atoms with E-state index in [1.54, 1.807) is 12.1 Å². The second kappa shape index (κ2) is 5.20. The van der Waals surface area contributed by atoms with Crippen molar-refractivity contribution in [2.24, 2.45) is 0 Å². The SMILES string of the molecule is Oc1ccc(CNCc2cccc3c2OCO3)cc1. The van der Waals surface area contributed by atoms with Gasteiger partial charge in [-0.2, -0.15) is 0 Å². The molecular weight excluding hydrogens is 242 g/mol. The van der Waals surface area contributed by atoms with E-state index in [1.807, 2.05) is 30.3 Å². The number of benzene rings is 2. The van der Waals surface area contributed by atoms with Crippen LogP contribution in [0.3, 0.4) is 0 Å². The lowest BCUT2D eigenvalue weighted by atomic mass is 10.1. The molecule has 1 heterocycles. The summed E-state index contributed by atoms with van der Waals surface area (Å²) in [5.41, 5.74) is 2.22. The number of aromatic hydroxyl groups is 1. The van der Waals surface area contributed by atoms with Crippen LogP contribution in [0.25, 0.3) is 0 Å². The molecule has 0 aliphatic carbocycles. The molecule has 2 N–H and O–H groups in total. The highest BCUT2D eigenvalue weighted by Crippen LogP contribution is 2.35. The third-order valence-electron chi connectivity index (χ3n) is 3.06. The molecule has 4 heteroatoms. The number of nitrogens with one attached hydrogen (secondary N) is 1. The van der Waals surface area contributed by atoms with Gasteiger partial charge in [-0.1, -0.05) is 24.3 Å². The Balaban J connectivity index is 1.61. The third-order valence-corrected chi connectivity index (χ3v) is 3.06. The largest absolute Gasteiger partial charge is 0.508 e. The Hall–Kier alpha value is -2.20. The first kappa shape index (κ1) is 11.9. The number of hydrogen-bond acceptors (Lipinski definition) is 4. The van der Waals surface area contributed by atoms with Crippen molar-refractivity contribution in [1.82, 2.24) is 5.32 Å². The molecule has 98 valence electrons. The van der Waals surface area contributed by atoms with Gasteiger partial charge in [-0.25, -0.2) is 0 Å². The predicted molar refractivity (Wildman–Crippen MR) is 71.2 cm³/mol. The summed E-state index contributed by atoms with van der Waals surface area (Å²) in [6.07, 6.45) is 0. The number of ether oxygens (including phenoxy) is 2. The van der Waals surface area contributed by atoms with Crippen LogP contribution in [0.2, 0.25) is 0 Å². The molecule has 0 unspecified atom stereocenters. The Labute approximate surface area is 111 Å². The van der Waals surface area contributed by atoms with Gasteiger partial charge >= 0.3 is 0 Å². The quantitative estimate of drug-likeness (QED) is 0.883. The fourth-order valence-electron chi connectivity index (χ4n) is 2.09. The second-order valence-electron chi connectivity index (χ2n) is 4.42. The Kier molecular flexibility index (Phi) is 3.25. The molecule has 0 atom stereocenters. The molecule has 2 aromatic rings. The minimum atomic E-state index is 0.287. The average Bonchev–Trinajstić information content (AvgIpc) is 2.90. The van der Waals surface area contributed by atoms with Gasteiger partial charge in [0, 0.05) is 18.7 Å². The first-order valence-electron chi connectivity index (χ1n) is 6.19. The van der Waals surface area contributed by atoms with Gasteiger partial charge in [0.2, 0.25) is 6.79 Å². The van der Waals surface area contributed by atoms with E-state index in [9.17, 15) is 5.11 Å². The number of para-hydroxylation sites is 1. The summed E-state index contributed by atoms with van der Waals surface area (Å²) in [5.74, 6) is 1.93. The molecule has 0 bridgehead atoms. The summed E-state index contributed by atoms with van der Waals surface area (Å²) in [7, 11) is 0. The highest BCUT2D eigenvalue weighted by atomic mass is 16.7. The lowest BCUT2D eigenvalue weighted by molar-refractivity contribution is 0.173. The van der Waals surface area contributed by atoms with Crippen LogP contribution in [0.1, 0.15) is 11.1 Å². The zero-order valence-corrected chi connectivity index (χ0v) is 10.4. The van der Waals surface area contributed by atoms with Gasteiger partial charge < -0.3 is 19.9 Å². The first-order valence-corrected chi connectivity index (χ1v) is 6.19. The predicted octanol–water partition coefficient (Wildman–Crippen LogP) is 2.41. The summed E-state index contributed by atoms with van der Waals surface area (Å²) in [4.78, 5) is 0. The molecule has 2 aromatic carbocycles. The lowest BCUT2D eigenvalue weighted by Crippen LogP contribution is -2.13. The van der Waals surface area contributed by atoms with Gasteiger partial charge in [-0.15, -0.1) is 0 Å². The van der Waals surface area contributed by atoms with E-state index >= 15 is 0 Å². The smallest absolute Gasteiger partial charge is 0.231 e. The minimum Gasteiger partial charge on any atom is -0.508 e. The van der Waals surface area contributed by atoms with Gasteiger partial charge in [0.15, 0.2) is 11.5 Å². The van der Waals surface area contributed by atoms with Crippen LogP contribution in [-0.4, -0.2) is 11.9 Å². The molecule has 1 aliphatic heterocycles. The highest BCUT2D eigenvalue weighted by molar-refractivity contribution is 5.48. The Bertz CT molecular complexity index is 566. The van der Waals surface area contributed by atoms with Crippen LogP contribution in [-0.2, 0) is 13.1 Å². The Morgan fingerprint density at radius 1 is 1.00 bits per heavy atom. The van der Waals surface area contributed by atoms with Crippen molar-refractivity contribution in [1.29, 1.82) is 0 Å². The minimum absolute atomic E-state index is 0.287. The number of phenols is 1. The fourth-order valence-corrected chi connectivity index (χ4v) is 2.09. The maximum absolute atomic E-state index is 9.22. The van der Waals surface area contributed by atoms with Gasteiger partial charge in [-0.3, -0.25) is 0 Å². The van der Waals surface area contributed by atoms with Gasteiger partial charge in [-0.05, 0) is 23.8 Å². The number of rotatable bonds is 4. The van der Waals surface area contributed by atoms with Crippen LogP contribution in [0.15, 0.2) is 42.5 Å². The van der Waals surface area contributed by atoms with E-state index in [0.29, 0.717) is 13.3 Å². The maximum Gasteiger partial charge on any atom is 0.231 e. The van der Waals surface area contributed by atoms with Crippen LogP contribution in [0.4, 0.5) is 0 Å². The highest BCUT2D eigenvalue weighted by Gasteiger charge is 2.16. The number of phenolic OH excluding ortho intramolecular Hbond substituents is 1. The molecule has 0 spiro atoms. The van der Waals surface area contributed by atoms with Gasteiger partial charge in [0.1, 0.15) is 5.75 Å². The maximum atomic E-state index is 9.22. The van der Waals surface area contributed by atoms with Crippen LogP contribution in [0, 0.1) is 0 Å². The van der Waals surface area contributed by atoms with Crippen LogP contribution in [0.5, 0.6) is 17.2 Å². The Morgan fingerprint density at radius 3 is 2.68 bits per heavy atom. The van der Waals surface area contributed by atoms with Crippen molar-refractivity contribution in [3.8, 4) is 17.2 Å². The number of hydrogen-bond donors (Lipinski definition) is 2. The van der Waals surface area contributed by atoms with Gasteiger partial charge in [0.25, 0.3) is 0 Å². The summed E-state index contributed by atoms with van der Waals surface area (Å²) in [6, 6.07) is 13.1. The molecule has 1 aliphatic rings. The van der Waals surface area contributed by atoms with E-state index in [4.69, 9.17) is 9.47 Å². The molecule has 4 nitrogen and oxygen atoms in total. The van der Waals surface area contributed by atoms with Crippen molar-refractivity contribution in [3.05, 3.63) is 53.6 Å². The van der Waals surface area contributed by atoms with Crippen LogP contribution >= 0.6 is 0 Å². The van der Waals surface area contributed by atoms with E-state index in [2.05, 4.69) is 5.32 Å². The van der Waals surface area contributed by atoms with Crippen molar-refractivity contribution in [3.63, 3.8) is 0 Å². The van der Waals surface area contributed by atoms with Crippen molar-refractivity contribution < 1.29 is 14.6 Å².